The van der Waals surface area contributed by atoms with Gasteiger partial charge in [-0.15, -0.1) is 0 Å². The minimum absolute atomic E-state index is 0.106. The average Bonchev–Trinajstić information content (AvgIpc) is 3.14. The fourth-order valence-corrected chi connectivity index (χ4v) is 3.33. The Morgan fingerprint density at radius 3 is 2.64 bits per heavy atom. The van der Waals surface area contributed by atoms with Crippen LogP contribution in [-0.2, 0) is 19.1 Å². The molecule has 1 N–H and O–H groups in total. The van der Waals surface area contributed by atoms with Crippen molar-refractivity contribution in [2.75, 3.05) is 0 Å². The maximum atomic E-state index is 13.5. The third-order valence-electron chi connectivity index (χ3n) is 4.47. The zero-order chi connectivity index (χ0) is 17.8. The molecule has 0 radical (unpaired) electrons. The van der Waals surface area contributed by atoms with Gasteiger partial charge >= 0.3 is 6.18 Å². The number of imidazole rings is 1. The standard InChI is InChI=1S/C17H15F3N4O/c1-10-6-13-15(14-7-21-9-23(10)14)24(22-16(13)17(18,19)20)8-11-2-4-12(25)5-3-11/h2-5,7,9-10,25H,6,8H2,1H3. The van der Waals surface area contributed by atoms with E-state index in [2.05, 4.69) is 10.1 Å². The third-order valence-corrected chi connectivity index (χ3v) is 4.47. The molecule has 25 heavy (non-hydrogen) atoms. The molecule has 0 spiro atoms. The molecule has 1 aromatic carbocycles. The van der Waals surface area contributed by atoms with Gasteiger partial charge in [-0.2, -0.15) is 18.3 Å². The van der Waals surface area contributed by atoms with Crippen LogP contribution in [0.3, 0.4) is 0 Å². The van der Waals surface area contributed by atoms with Gasteiger partial charge in [-0.25, -0.2) is 4.98 Å². The fourth-order valence-electron chi connectivity index (χ4n) is 3.33. The number of halogens is 3. The maximum absolute atomic E-state index is 13.5. The molecule has 1 aliphatic rings. The smallest absolute Gasteiger partial charge is 0.435 e. The van der Waals surface area contributed by atoms with Gasteiger partial charge in [-0.05, 0) is 31.0 Å². The van der Waals surface area contributed by atoms with Crippen LogP contribution in [0.2, 0.25) is 0 Å². The molecule has 0 fully saturated rings. The lowest BCUT2D eigenvalue weighted by atomic mass is 9.98. The highest BCUT2D eigenvalue weighted by atomic mass is 19.4. The maximum Gasteiger partial charge on any atom is 0.435 e. The van der Waals surface area contributed by atoms with E-state index in [1.807, 2.05) is 11.5 Å². The number of phenolic OH excluding ortho intramolecular Hbond substituents is 1. The molecule has 0 aliphatic carbocycles. The van der Waals surface area contributed by atoms with Gasteiger partial charge in [0.1, 0.15) is 5.75 Å². The molecule has 130 valence electrons. The minimum atomic E-state index is -4.51. The number of hydrogen-bond donors (Lipinski definition) is 1. The van der Waals surface area contributed by atoms with Crippen LogP contribution < -0.4 is 0 Å². The van der Waals surface area contributed by atoms with Crippen molar-refractivity contribution in [2.45, 2.75) is 32.1 Å². The first kappa shape index (κ1) is 15.7. The van der Waals surface area contributed by atoms with E-state index in [4.69, 9.17) is 0 Å². The molecule has 1 atom stereocenters. The highest BCUT2D eigenvalue weighted by Gasteiger charge is 2.41. The van der Waals surface area contributed by atoms with Crippen LogP contribution in [0.5, 0.6) is 5.75 Å². The van der Waals surface area contributed by atoms with Gasteiger partial charge in [0.05, 0.1) is 30.5 Å². The van der Waals surface area contributed by atoms with Gasteiger partial charge in [0, 0.05) is 11.6 Å². The largest absolute Gasteiger partial charge is 0.508 e. The Hall–Kier alpha value is -2.77. The molecule has 2 aromatic heterocycles. The van der Waals surface area contributed by atoms with E-state index in [0.717, 1.165) is 5.56 Å². The van der Waals surface area contributed by atoms with Crippen LogP contribution in [0.25, 0.3) is 11.4 Å². The summed E-state index contributed by atoms with van der Waals surface area (Å²) in [5, 5.41) is 13.3. The second-order valence-electron chi connectivity index (χ2n) is 6.24. The van der Waals surface area contributed by atoms with Crippen molar-refractivity contribution in [3.8, 4) is 17.1 Å². The van der Waals surface area contributed by atoms with Gasteiger partial charge in [0.25, 0.3) is 0 Å². The Bertz CT molecular complexity index is 925. The number of aromatic hydroxyl groups is 1. The predicted molar refractivity (Wildman–Crippen MR) is 84.1 cm³/mol. The molecular formula is C17H15F3N4O. The van der Waals surface area contributed by atoms with Crippen molar-refractivity contribution in [3.05, 3.63) is 53.6 Å². The number of nitrogens with zero attached hydrogens (tertiary/aromatic N) is 4. The number of benzene rings is 1. The average molecular weight is 348 g/mol. The predicted octanol–water partition coefficient (Wildman–Crippen LogP) is 3.64. The summed E-state index contributed by atoms with van der Waals surface area (Å²) < 4.78 is 43.7. The van der Waals surface area contributed by atoms with E-state index in [9.17, 15) is 18.3 Å². The van der Waals surface area contributed by atoms with Crippen molar-refractivity contribution < 1.29 is 18.3 Å². The minimum Gasteiger partial charge on any atom is -0.508 e. The van der Waals surface area contributed by atoms with Crippen LogP contribution in [-0.4, -0.2) is 24.4 Å². The van der Waals surface area contributed by atoms with Crippen LogP contribution in [0.4, 0.5) is 13.2 Å². The molecule has 0 amide bonds. The molecule has 4 rings (SSSR count). The molecule has 0 saturated carbocycles. The fraction of sp³-hybridized carbons (Fsp3) is 0.294. The van der Waals surface area contributed by atoms with Crippen LogP contribution >= 0.6 is 0 Å². The Balaban J connectivity index is 1.87. The molecule has 1 aliphatic heterocycles. The molecule has 3 heterocycles. The van der Waals surface area contributed by atoms with E-state index in [1.54, 1.807) is 24.7 Å². The summed E-state index contributed by atoms with van der Waals surface area (Å²) in [7, 11) is 0. The van der Waals surface area contributed by atoms with E-state index in [-0.39, 0.29) is 30.3 Å². The molecule has 8 heteroatoms. The summed E-state index contributed by atoms with van der Waals surface area (Å²) in [6.45, 7) is 2.05. The van der Waals surface area contributed by atoms with Crippen molar-refractivity contribution >= 4 is 0 Å². The summed E-state index contributed by atoms with van der Waals surface area (Å²) in [5.74, 6) is 0.106. The van der Waals surface area contributed by atoms with Gasteiger partial charge in [0.2, 0.25) is 0 Å². The first-order chi connectivity index (χ1) is 11.8. The van der Waals surface area contributed by atoms with Crippen LogP contribution in [0.1, 0.15) is 29.8 Å². The van der Waals surface area contributed by atoms with E-state index in [0.29, 0.717) is 11.4 Å². The Morgan fingerprint density at radius 2 is 1.96 bits per heavy atom. The monoisotopic (exact) mass is 348 g/mol. The molecular weight excluding hydrogens is 333 g/mol. The Morgan fingerprint density at radius 1 is 1.24 bits per heavy atom. The Kier molecular flexibility index (Phi) is 3.38. The number of fused-ring (bicyclic) bond motifs is 3. The van der Waals surface area contributed by atoms with Gasteiger partial charge in [-0.1, -0.05) is 12.1 Å². The number of hydrogen-bond acceptors (Lipinski definition) is 3. The summed E-state index contributed by atoms with van der Waals surface area (Å²) in [6.07, 6.45) is -1.05. The van der Waals surface area contributed by atoms with Crippen LogP contribution in [0.15, 0.2) is 36.8 Å². The van der Waals surface area contributed by atoms with Gasteiger partial charge < -0.3 is 9.67 Å². The lowest BCUT2D eigenvalue weighted by Crippen LogP contribution is -2.18. The topological polar surface area (TPSA) is 55.9 Å². The zero-order valence-corrected chi connectivity index (χ0v) is 13.3. The van der Waals surface area contributed by atoms with Crippen molar-refractivity contribution in [1.82, 2.24) is 19.3 Å². The van der Waals surface area contributed by atoms with Gasteiger partial charge in [-0.3, -0.25) is 4.68 Å². The summed E-state index contributed by atoms with van der Waals surface area (Å²) in [5.41, 5.74) is 1.22. The molecule has 0 saturated heterocycles. The number of alkyl halides is 3. The van der Waals surface area contributed by atoms with Crippen LogP contribution in [0, 0.1) is 0 Å². The normalized spacial score (nSPS) is 16.6. The lowest BCUT2D eigenvalue weighted by Gasteiger charge is -2.23. The summed E-state index contributed by atoms with van der Waals surface area (Å²) in [4.78, 5) is 4.09. The highest BCUT2D eigenvalue weighted by Crippen LogP contribution is 2.41. The third kappa shape index (κ3) is 2.57. The molecule has 0 bridgehead atoms. The second-order valence-corrected chi connectivity index (χ2v) is 6.24. The van der Waals surface area contributed by atoms with Gasteiger partial charge in [0.15, 0.2) is 5.69 Å². The first-order valence-corrected chi connectivity index (χ1v) is 7.81. The quantitative estimate of drug-likeness (QED) is 0.769. The number of phenols is 1. The second kappa shape index (κ2) is 5.37. The lowest BCUT2D eigenvalue weighted by molar-refractivity contribution is -0.142. The zero-order valence-electron chi connectivity index (χ0n) is 13.3. The van der Waals surface area contributed by atoms with Crippen molar-refractivity contribution in [2.24, 2.45) is 0 Å². The Labute approximate surface area is 141 Å². The van der Waals surface area contributed by atoms with Crippen molar-refractivity contribution in [1.29, 1.82) is 0 Å². The molecule has 5 nitrogen and oxygen atoms in total. The first-order valence-electron chi connectivity index (χ1n) is 7.81. The molecule has 3 aromatic rings. The van der Waals surface area contributed by atoms with Crippen molar-refractivity contribution in [3.63, 3.8) is 0 Å². The van der Waals surface area contributed by atoms with E-state index in [1.165, 1.54) is 16.8 Å². The SMILES string of the molecule is CC1Cc2c(C(F)(F)F)nn(Cc3ccc(O)cc3)c2-c2cncn21. The highest BCUT2D eigenvalue weighted by molar-refractivity contribution is 5.63. The van der Waals surface area contributed by atoms with E-state index >= 15 is 0 Å². The number of rotatable bonds is 2. The van der Waals surface area contributed by atoms with E-state index < -0.39 is 11.9 Å². The molecule has 1 unspecified atom stereocenters. The summed E-state index contributed by atoms with van der Waals surface area (Å²) >= 11 is 0. The number of aromatic nitrogens is 4. The summed E-state index contributed by atoms with van der Waals surface area (Å²) in [6, 6.07) is 6.22.